The van der Waals surface area contributed by atoms with Gasteiger partial charge in [-0.25, -0.2) is 4.98 Å². The summed E-state index contributed by atoms with van der Waals surface area (Å²) in [7, 11) is 0. The van der Waals surface area contributed by atoms with E-state index in [4.69, 9.17) is 4.74 Å². The van der Waals surface area contributed by atoms with Crippen molar-refractivity contribution < 1.29 is 14.3 Å². The van der Waals surface area contributed by atoms with E-state index in [0.717, 1.165) is 62.1 Å². The average molecular weight is 370 g/mol. The minimum absolute atomic E-state index is 0.169. The average Bonchev–Trinajstić information content (AvgIpc) is 3.06. The van der Waals surface area contributed by atoms with Gasteiger partial charge in [-0.2, -0.15) is 0 Å². The number of amides is 1. The summed E-state index contributed by atoms with van der Waals surface area (Å²) < 4.78 is 5.39. The number of hydrogen-bond acceptors (Lipinski definition) is 5. The molecule has 1 N–H and O–H groups in total. The number of benzene rings is 1. The summed E-state index contributed by atoms with van der Waals surface area (Å²) in [6, 6.07) is 5.40. The molecule has 1 aliphatic carbocycles. The number of anilines is 1. The Kier molecular flexibility index (Phi) is 5.13. The van der Waals surface area contributed by atoms with Crippen molar-refractivity contribution >= 4 is 28.2 Å². The maximum absolute atomic E-state index is 12.6. The number of Topliss-reactive ketones (excluding diaryl/α,β-unsaturated/α-hetero) is 1. The van der Waals surface area contributed by atoms with Crippen LogP contribution in [0.5, 0.6) is 0 Å². The summed E-state index contributed by atoms with van der Waals surface area (Å²) in [5.74, 6) is 0.437. The Labute approximate surface area is 156 Å². The summed E-state index contributed by atoms with van der Waals surface area (Å²) in [5.41, 5.74) is 3.39. The SMILES string of the molecule is O=C(Nc1nc(C2CCOCC2)cs1)c1ccc2c(c1)CCCCC2=O. The van der Waals surface area contributed by atoms with Gasteiger partial charge in [0, 0.05) is 42.1 Å². The number of hydrogen-bond donors (Lipinski definition) is 1. The van der Waals surface area contributed by atoms with E-state index in [-0.39, 0.29) is 11.7 Å². The lowest BCUT2D eigenvalue weighted by Crippen LogP contribution is -2.15. The molecule has 1 aromatic carbocycles. The van der Waals surface area contributed by atoms with Gasteiger partial charge >= 0.3 is 0 Å². The van der Waals surface area contributed by atoms with E-state index >= 15 is 0 Å². The first-order valence-electron chi connectivity index (χ1n) is 9.21. The van der Waals surface area contributed by atoms with Gasteiger partial charge in [0.05, 0.1) is 5.69 Å². The molecule has 26 heavy (non-hydrogen) atoms. The molecule has 0 atom stereocenters. The Bertz CT molecular complexity index is 824. The summed E-state index contributed by atoms with van der Waals surface area (Å²) in [5, 5.41) is 5.56. The van der Waals surface area contributed by atoms with Gasteiger partial charge in [0.2, 0.25) is 0 Å². The standard InChI is InChI=1S/C20H22N2O3S/c23-18-4-2-1-3-14-11-15(5-6-16(14)18)19(24)22-20-21-17(12-26-20)13-7-9-25-10-8-13/h5-6,11-13H,1-4,7-10H2,(H,21,22,24). The van der Waals surface area contributed by atoms with Gasteiger partial charge in [0.15, 0.2) is 10.9 Å². The van der Waals surface area contributed by atoms with E-state index < -0.39 is 0 Å². The van der Waals surface area contributed by atoms with Crippen molar-refractivity contribution in [2.75, 3.05) is 18.5 Å². The summed E-state index contributed by atoms with van der Waals surface area (Å²) >= 11 is 1.46. The molecule has 6 heteroatoms. The molecule has 1 saturated heterocycles. The molecule has 0 spiro atoms. The highest BCUT2D eigenvalue weighted by Crippen LogP contribution is 2.30. The van der Waals surface area contributed by atoms with E-state index in [1.165, 1.54) is 11.3 Å². The van der Waals surface area contributed by atoms with Crippen LogP contribution in [0.15, 0.2) is 23.6 Å². The Hall–Kier alpha value is -2.05. The molecule has 1 fully saturated rings. The first-order chi connectivity index (χ1) is 12.7. The quantitative estimate of drug-likeness (QED) is 0.822. The van der Waals surface area contributed by atoms with E-state index in [1.807, 2.05) is 11.4 Å². The molecular weight excluding hydrogens is 348 g/mol. The topological polar surface area (TPSA) is 68.3 Å². The zero-order valence-electron chi connectivity index (χ0n) is 14.6. The number of thiazole rings is 1. The third-order valence-electron chi connectivity index (χ3n) is 5.15. The van der Waals surface area contributed by atoms with Gasteiger partial charge in [-0.1, -0.05) is 6.07 Å². The highest BCUT2D eigenvalue weighted by Gasteiger charge is 2.20. The summed E-state index contributed by atoms with van der Waals surface area (Å²) in [6.07, 6.45) is 5.33. The summed E-state index contributed by atoms with van der Waals surface area (Å²) in [6.45, 7) is 1.55. The number of nitrogens with one attached hydrogen (secondary N) is 1. The van der Waals surface area contributed by atoms with Crippen molar-refractivity contribution in [1.29, 1.82) is 0 Å². The van der Waals surface area contributed by atoms with Gasteiger partial charge in [-0.3, -0.25) is 14.9 Å². The molecule has 2 aromatic rings. The molecule has 4 rings (SSSR count). The number of aryl methyl sites for hydroxylation is 1. The van der Waals surface area contributed by atoms with Crippen molar-refractivity contribution in [1.82, 2.24) is 4.98 Å². The minimum atomic E-state index is -0.169. The Morgan fingerprint density at radius 2 is 2.00 bits per heavy atom. The van der Waals surface area contributed by atoms with E-state index in [1.54, 1.807) is 12.1 Å². The number of fused-ring (bicyclic) bond motifs is 1. The van der Waals surface area contributed by atoms with Gasteiger partial charge in [0.1, 0.15) is 0 Å². The van der Waals surface area contributed by atoms with Crippen molar-refractivity contribution in [3.63, 3.8) is 0 Å². The fourth-order valence-electron chi connectivity index (χ4n) is 3.64. The van der Waals surface area contributed by atoms with Crippen molar-refractivity contribution in [3.8, 4) is 0 Å². The first-order valence-corrected chi connectivity index (χ1v) is 10.1. The second-order valence-electron chi connectivity index (χ2n) is 6.92. The normalized spacial score (nSPS) is 18.2. The van der Waals surface area contributed by atoms with Gasteiger partial charge in [-0.15, -0.1) is 11.3 Å². The molecule has 0 radical (unpaired) electrons. The molecule has 136 valence electrons. The number of nitrogens with zero attached hydrogens (tertiary/aromatic N) is 1. The van der Waals surface area contributed by atoms with Crippen LogP contribution in [0.2, 0.25) is 0 Å². The van der Waals surface area contributed by atoms with Crippen molar-refractivity contribution in [3.05, 3.63) is 46.0 Å². The van der Waals surface area contributed by atoms with Crippen molar-refractivity contribution in [2.45, 2.75) is 44.4 Å². The van der Waals surface area contributed by atoms with Crippen LogP contribution >= 0.6 is 11.3 Å². The second kappa shape index (κ2) is 7.68. The largest absolute Gasteiger partial charge is 0.381 e. The third-order valence-corrected chi connectivity index (χ3v) is 5.93. The minimum Gasteiger partial charge on any atom is -0.381 e. The lowest BCUT2D eigenvalue weighted by Gasteiger charge is -2.19. The molecule has 1 amide bonds. The fourth-order valence-corrected chi connectivity index (χ4v) is 4.43. The van der Waals surface area contributed by atoms with E-state index in [9.17, 15) is 9.59 Å². The number of ketones is 1. The molecule has 2 aliphatic rings. The molecule has 0 bridgehead atoms. The predicted octanol–water partition coefficient (Wildman–Crippen LogP) is 4.20. The zero-order chi connectivity index (χ0) is 17.9. The zero-order valence-corrected chi connectivity index (χ0v) is 15.4. The Balaban J connectivity index is 1.47. The monoisotopic (exact) mass is 370 g/mol. The van der Waals surface area contributed by atoms with Gasteiger partial charge < -0.3 is 4.74 Å². The van der Waals surface area contributed by atoms with Crippen LogP contribution in [-0.4, -0.2) is 29.9 Å². The van der Waals surface area contributed by atoms with Crippen molar-refractivity contribution in [2.24, 2.45) is 0 Å². The molecule has 1 aliphatic heterocycles. The van der Waals surface area contributed by atoms with E-state index in [0.29, 0.717) is 23.0 Å². The number of aromatic nitrogens is 1. The third kappa shape index (κ3) is 3.71. The predicted molar refractivity (Wildman–Crippen MR) is 101 cm³/mol. The first kappa shape index (κ1) is 17.4. The van der Waals surface area contributed by atoms with Crippen LogP contribution in [0.1, 0.15) is 70.0 Å². The Morgan fingerprint density at radius 3 is 2.85 bits per heavy atom. The van der Waals surface area contributed by atoms with Gasteiger partial charge in [0.25, 0.3) is 5.91 Å². The molecule has 1 aromatic heterocycles. The van der Waals surface area contributed by atoms with Crippen LogP contribution in [0.4, 0.5) is 5.13 Å². The van der Waals surface area contributed by atoms with Crippen LogP contribution in [0.25, 0.3) is 0 Å². The number of rotatable bonds is 3. The lowest BCUT2D eigenvalue weighted by atomic mass is 9.98. The number of carbonyl (C=O) groups excluding carboxylic acids is 2. The molecule has 0 saturated carbocycles. The summed E-state index contributed by atoms with van der Waals surface area (Å²) in [4.78, 5) is 29.3. The maximum Gasteiger partial charge on any atom is 0.257 e. The van der Waals surface area contributed by atoms with Crippen LogP contribution < -0.4 is 5.32 Å². The second-order valence-corrected chi connectivity index (χ2v) is 7.78. The maximum atomic E-state index is 12.6. The molecular formula is C20H22N2O3S. The molecule has 2 heterocycles. The van der Waals surface area contributed by atoms with E-state index in [2.05, 4.69) is 10.3 Å². The highest BCUT2D eigenvalue weighted by molar-refractivity contribution is 7.14. The fraction of sp³-hybridized carbons (Fsp3) is 0.450. The Morgan fingerprint density at radius 1 is 1.19 bits per heavy atom. The molecule has 0 unspecified atom stereocenters. The van der Waals surface area contributed by atoms with Gasteiger partial charge in [-0.05, 0) is 49.8 Å². The number of ether oxygens (including phenoxy) is 1. The van der Waals surface area contributed by atoms with Crippen LogP contribution in [0.3, 0.4) is 0 Å². The highest BCUT2D eigenvalue weighted by atomic mass is 32.1. The van der Waals surface area contributed by atoms with Crippen LogP contribution in [0, 0.1) is 0 Å². The number of carbonyl (C=O) groups is 2. The van der Waals surface area contributed by atoms with Crippen LogP contribution in [-0.2, 0) is 11.2 Å². The lowest BCUT2D eigenvalue weighted by molar-refractivity contribution is 0.0846. The smallest absolute Gasteiger partial charge is 0.257 e. The molecule has 5 nitrogen and oxygen atoms in total.